The van der Waals surface area contributed by atoms with Crippen LogP contribution in [0, 0.1) is 27.3 Å². The number of nitro benzene ring substituents is 1. The maximum Gasteiger partial charge on any atom is 0.311 e. The second kappa shape index (κ2) is 5.67. The van der Waals surface area contributed by atoms with E-state index in [1.165, 1.54) is 30.3 Å². The Labute approximate surface area is 121 Å². The van der Waals surface area contributed by atoms with Crippen LogP contribution in [0.1, 0.15) is 5.56 Å². The minimum Gasteiger partial charge on any atom is -0.447 e. The lowest BCUT2D eigenvalue weighted by Gasteiger charge is -2.08. The molecule has 0 aromatic heterocycles. The first-order chi connectivity index (χ1) is 9.51. The van der Waals surface area contributed by atoms with Crippen molar-refractivity contribution in [1.82, 2.24) is 0 Å². The minimum absolute atomic E-state index is 0.169. The Morgan fingerprint density at radius 1 is 1.25 bits per heavy atom. The van der Waals surface area contributed by atoms with Crippen molar-refractivity contribution >= 4 is 21.6 Å². The Morgan fingerprint density at radius 2 is 2.00 bits per heavy atom. The molecule has 0 heterocycles. The molecule has 2 rings (SSSR count). The molecule has 0 saturated carbocycles. The molecule has 0 bridgehead atoms. The highest BCUT2D eigenvalue weighted by atomic mass is 79.9. The van der Waals surface area contributed by atoms with Crippen LogP contribution in [0.15, 0.2) is 40.9 Å². The summed E-state index contributed by atoms with van der Waals surface area (Å²) in [6.45, 7) is 0. The van der Waals surface area contributed by atoms with Crippen molar-refractivity contribution in [2.24, 2.45) is 0 Å². The van der Waals surface area contributed by atoms with Crippen LogP contribution in [0.2, 0.25) is 0 Å². The van der Waals surface area contributed by atoms with E-state index in [9.17, 15) is 14.5 Å². The fraction of sp³-hybridized carbons (Fsp3) is 0. The van der Waals surface area contributed by atoms with E-state index in [1.54, 1.807) is 0 Å². The zero-order valence-corrected chi connectivity index (χ0v) is 11.4. The Kier molecular flexibility index (Phi) is 3.96. The molecule has 5 nitrogen and oxygen atoms in total. The summed E-state index contributed by atoms with van der Waals surface area (Å²) < 4.78 is 19.4. The van der Waals surface area contributed by atoms with E-state index >= 15 is 0 Å². The molecule has 20 heavy (non-hydrogen) atoms. The predicted molar refractivity (Wildman–Crippen MR) is 72.0 cm³/mol. The second-order valence-electron chi connectivity index (χ2n) is 3.73. The summed E-state index contributed by atoms with van der Waals surface area (Å²) in [7, 11) is 0. The highest BCUT2D eigenvalue weighted by Crippen LogP contribution is 2.34. The van der Waals surface area contributed by atoms with E-state index in [4.69, 9.17) is 10.00 Å². The number of hydrogen-bond acceptors (Lipinski definition) is 4. The molecule has 0 aliphatic heterocycles. The van der Waals surface area contributed by atoms with E-state index in [1.807, 2.05) is 6.07 Å². The van der Waals surface area contributed by atoms with Crippen LogP contribution in [0.4, 0.5) is 10.1 Å². The van der Waals surface area contributed by atoms with Crippen molar-refractivity contribution in [3.8, 4) is 17.6 Å². The summed E-state index contributed by atoms with van der Waals surface area (Å²) >= 11 is 3.15. The number of nitriles is 1. The first-order valence-electron chi connectivity index (χ1n) is 5.32. The van der Waals surface area contributed by atoms with Gasteiger partial charge in [-0.25, -0.2) is 4.39 Å². The van der Waals surface area contributed by atoms with Gasteiger partial charge in [0.1, 0.15) is 0 Å². The Morgan fingerprint density at radius 3 is 2.65 bits per heavy atom. The fourth-order valence-electron chi connectivity index (χ4n) is 1.49. The van der Waals surface area contributed by atoms with E-state index in [-0.39, 0.29) is 22.7 Å². The van der Waals surface area contributed by atoms with Gasteiger partial charge in [0.2, 0.25) is 5.75 Å². The van der Waals surface area contributed by atoms with Crippen molar-refractivity contribution in [2.45, 2.75) is 0 Å². The van der Waals surface area contributed by atoms with Gasteiger partial charge in [-0.3, -0.25) is 10.1 Å². The van der Waals surface area contributed by atoms with Gasteiger partial charge in [-0.15, -0.1) is 0 Å². The Balaban J connectivity index is 2.49. The van der Waals surface area contributed by atoms with Gasteiger partial charge in [-0.1, -0.05) is 15.9 Å². The van der Waals surface area contributed by atoms with Gasteiger partial charge in [0.15, 0.2) is 11.6 Å². The van der Waals surface area contributed by atoms with Gasteiger partial charge >= 0.3 is 5.69 Å². The molecule has 0 amide bonds. The molecule has 0 N–H and O–H groups in total. The normalized spacial score (nSPS) is 9.85. The lowest BCUT2D eigenvalue weighted by molar-refractivity contribution is -0.385. The number of halogens is 2. The van der Waals surface area contributed by atoms with Crippen LogP contribution in [-0.2, 0) is 0 Å². The molecule has 2 aromatic carbocycles. The van der Waals surface area contributed by atoms with Gasteiger partial charge in [-0.05, 0) is 24.3 Å². The van der Waals surface area contributed by atoms with E-state index in [2.05, 4.69) is 15.9 Å². The summed E-state index contributed by atoms with van der Waals surface area (Å²) in [6, 6.07) is 9.46. The van der Waals surface area contributed by atoms with Crippen molar-refractivity contribution in [1.29, 1.82) is 5.26 Å². The number of ether oxygens (including phenoxy) is 1. The average molecular weight is 337 g/mol. The van der Waals surface area contributed by atoms with Crippen LogP contribution in [0.5, 0.6) is 11.5 Å². The largest absolute Gasteiger partial charge is 0.447 e. The van der Waals surface area contributed by atoms with Gasteiger partial charge in [-0.2, -0.15) is 5.26 Å². The highest BCUT2D eigenvalue weighted by molar-refractivity contribution is 9.10. The number of rotatable bonds is 3. The molecule has 0 fully saturated rings. The van der Waals surface area contributed by atoms with Crippen LogP contribution in [0.25, 0.3) is 0 Å². The van der Waals surface area contributed by atoms with Gasteiger partial charge in [0.05, 0.1) is 16.6 Å². The molecule has 7 heteroatoms. The molecule has 0 radical (unpaired) electrons. The van der Waals surface area contributed by atoms with Gasteiger partial charge < -0.3 is 4.74 Å². The second-order valence-corrected chi connectivity index (χ2v) is 4.64. The fourth-order valence-corrected chi connectivity index (χ4v) is 1.83. The smallest absolute Gasteiger partial charge is 0.311 e. The molecule has 0 atom stereocenters. The minimum atomic E-state index is -0.662. The first kappa shape index (κ1) is 14.0. The van der Waals surface area contributed by atoms with Gasteiger partial charge in [0.25, 0.3) is 0 Å². The number of nitrogens with zero attached hydrogens (tertiary/aromatic N) is 2. The van der Waals surface area contributed by atoms with Crippen LogP contribution < -0.4 is 4.74 Å². The standard InChI is InChI=1S/C13H6BrFN2O3/c14-9-2-3-10(15)12(6-9)20-13-5-8(7-16)1-4-11(13)17(18)19/h1-6H. The summed E-state index contributed by atoms with van der Waals surface area (Å²) in [4.78, 5) is 10.2. The van der Waals surface area contributed by atoms with Crippen LogP contribution in [-0.4, -0.2) is 4.92 Å². The molecule has 100 valence electrons. The molecule has 0 saturated heterocycles. The third-order valence-electron chi connectivity index (χ3n) is 2.40. The monoisotopic (exact) mass is 336 g/mol. The molecule has 0 spiro atoms. The molecule has 2 aromatic rings. The lowest BCUT2D eigenvalue weighted by Crippen LogP contribution is -1.95. The molecular weight excluding hydrogens is 331 g/mol. The third-order valence-corrected chi connectivity index (χ3v) is 2.89. The van der Waals surface area contributed by atoms with Crippen LogP contribution >= 0.6 is 15.9 Å². The lowest BCUT2D eigenvalue weighted by atomic mass is 10.2. The Hall–Kier alpha value is -2.46. The van der Waals surface area contributed by atoms with Crippen molar-refractivity contribution in [3.63, 3.8) is 0 Å². The summed E-state index contributed by atoms with van der Waals surface area (Å²) in [5, 5.41) is 19.7. The van der Waals surface area contributed by atoms with Crippen molar-refractivity contribution in [2.75, 3.05) is 0 Å². The topological polar surface area (TPSA) is 76.2 Å². The average Bonchev–Trinajstić information content (AvgIpc) is 2.42. The first-order valence-corrected chi connectivity index (χ1v) is 6.12. The molecule has 0 unspecified atom stereocenters. The number of hydrogen-bond donors (Lipinski definition) is 0. The zero-order chi connectivity index (χ0) is 14.7. The van der Waals surface area contributed by atoms with Crippen LogP contribution in [0.3, 0.4) is 0 Å². The Bertz CT molecular complexity index is 728. The highest BCUT2D eigenvalue weighted by Gasteiger charge is 2.18. The molecular formula is C13H6BrFN2O3. The van der Waals surface area contributed by atoms with E-state index < -0.39 is 10.7 Å². The summed E-state index contributed by atoms with van der Waals surface area (Å²) in [5.41, 5.74) is -0.163. The van der Waals surface area contributed by atoms with E-state index in [0.717, 1.165) is 6.07 Å². The third kappa shape index (κ3) is 2.92. The molecule has 0 aliphatic carbocycles. The van der Waals surface area contributed by atoms with E-state index in [0.29, 0.717) is 4.47 Å². The number of nitro groups is 1. The molecule has 0 aliphatic rings. The van der Waals surface area contributed by atoms with Crippen molar-refractivity contribution < 1.29 is 14.1 Å². The maximum absolute atomic E-state index is 13.6. The summed E-state index contributed by atoms with van der Waals surface area (Å²) in [6.07, 6.45) is 0. The SMILES string of the molecule is N#Cc1ccc([N+](=O)[O-])c(Oc2cc(Br)ccc2F)c1. The zero-order valence-electron chi connectivity index (χ0n) is 9.84. The quantitative estimate of drug-likeness (QED) is 0.622. The summed E-state index contributed by atoms with van der Waals surface area (Å²) in [5.74, 6) is -1.02. The number of benzene rings is 2. The van der Waals surface area contributed by atoms with Gasteiger partial charge in [0, 0.05) is 16.6 Å². The van der Waals surface area contributed by atoms with Crippen molar-refractivity contribution in [3.05, 3.63) is 62.4 Å². The predicted octanol–water partition coefficient (Wildman–Crippen LogP) is 4.16. The maximum atomic E-state index is 13.6.